The van der Waals surface area contributed by atoms with E-state index in [0.29, 0.717) is 0 Å². The summed E-state index contributed by atoms with van der Waals surface area (Å²) in [7, 11) is 1.33. The smallest absolute Gasteiger partial charge is 0.265 e. The topological polar surface area (TPSA) is 99.1 Å². The van der Waals surface area contributed by atoms with Crippen molar-refractivity contribution in [2.45, 2.75) is 0 Å². The van der Waals surface area contributed by atoms with Crippen molar-refractivity contribution in [1.82, 2.24) is 10.2 Å². The minimum Gasteiger partial charge on any atom is -0.504 e. The summed E-state index contributed by atoms with van der Waals surface area (Å²) in [6.45, 7) is 3.66. The van der Waals surface area contributed by atoms with Gasteiger partial charge in [-0.2, -0.15) is 0 Å². The predicted octanol–water partition coefficient (Wildman–Crippen LogP) is 0.919. The molecule has 0 aliphatic carbocycles. The fraction of sp³-hybridized carbons (Fsp3) is 0.133. The van der Waals surface area contributed by atoms with Crippen LogP contribution in [0.25, 0.3) is 6.08 Å². The molecule has 0 saturated carbocycles. The van der Waals surface area contributed by atoms with E-state index in [1.165, 1.54) is 31.4 Å². The molecule has 1 aromatic carbocycles. The number of aromatic hydroxyl groups is 2. The highest BCUT2D eigenvalue weighted by Crippen LogP contribution is 2.38. The summed E-state index contributed by atoms with van der Waals surface area (Å²) in [4.78, 5) is 25.5. The molecule has 0 atom stereocenters. The molecule has 1 fully saturated rings. The lowest BCUT2D eigenvalue weighted by molar-refractivity contribution is -0.128. The van der Waals surface area contributed by atoms with Gasteiger partial charge in [0.1, 0.15) is 5.57 Å². The number of nitrogens with zero attached hydrogens (tertiary/aromatic N) is 1. The maximum Gasteiger partial charge on any atom is 0.265 e. The second-order valence-corrected chi connectivity index (χ2v) is 4.96. The van der Waals surface area contributed by atoms with Gasteiger partial charge in [0.15, 0.2) is 16.6 Å². The molecule has 120 valence electrons. The van der Waals surface area contributed by atoms with E-state index in [1.54, 1.807) is 0 Å². The molecular weight excluding hydrogens is 320 g/mol. The number of rotatable bonds is 4. The molecule has 0 radical (unpaired) electrons. The molecule has 2 rings (SSSR count). The molecule has 8 heteroatoms. The predicted molar refractivity (Wildman–Crippen MR) is 87.0 cm³/mol. The van der Waals surface area contributed by atoms with E-state index in [-0.39, 0.29) is 28.5 Å². The number of carbonyl (C=O) groups excluding carboxylic acids is 2. The van der Waals surface area contributed by atoms with Gasteiger partial charge >= 0.3 is 0 Å². The van der Waals surface area contributed by atoms with Crippen molar-refractivity contribution in [3.63, 3.8) is 0 Å². The van der Waals surface area contributed by atoms with E-state index < -0.39 is 23.3 Å². The molecule has 0 spiro atoms. The Kier molecular flexibility index (Phi) is 4.65. The molecule has 0 bridgehead atoms. The summed E-state index contributed by atoms with van der Waals surface area (Å²) in [5.74, 6) is -2.22. The Morgan fingerprint density at radius 2 is 2.04 bits per heavy atom. The Balaban J connectivity index is 2.47. The van der Waals surface area contributed by atoms with Crippen molar-refractivity contribution in [2.24, 2.45) is 0 Å². The van der Waals surface area contributed by atoms with Gasteiger partial charge in [-0.15, -0.1) is 6.58 Å². The number of phenolic OH excluding ortho intramolecular Hbond substituents is 2. The largest absolute Gasteiger partial charge is 0.504 e. The van der Waals surface area contributed by atoms with E-state index in [0.717, 1.165) is 4.90 Å². The number of amides is 2. The first-order valence-corrected chi connectivity index (χ1v) is 6.90. The fourth-order valence-electron chi connectivity index (χ4n) is 2.00. The zero-order valence-electron chi connectivity index (χ0n) is 12.2. The maximum atomic E-state index is 12.4. The van der Waals surface area contributed by atoms with Gasteiger partial charge in [-0.25, -0.2) is 0 Å². The van der Waals surface area contributed by atoms with E-state index in [2.05, 4.69) is 11.9 Å². The van der Waals surface area contributed by atoms with Gasteiger partial charge in [-0.3, -0.25) is 19.8 Å². The monoisotopic (exact) mass is 334 g/mol. The number of thiocarbonyl (C=S) groups is 1. The van der Waals surface area contributed by atoms with E-state index >= 15 is 0 Å². The third kappa shape index (κ3) is 3.02. The third-order valence-corrected chi connectivity index (χ3v) is 3.49. The quantitative estimate of drug-likeness (QED) is 0.249. The van der Waals surface area contributed by atoms with Crippen LogP contribution < -0.4 is 10.1 Å². The lowest BCUT2D eigenvalue weighted by Crippen LogP contribution is -2.53. The molecule has 3 N–H and O–H groups in total. The molecule has 1 heterocycles. The number of hydrogen-bond acceptors (Lipinski definition) is 6. The van der Waals surface area contributed by atoms with E-state index in [1.807, 2.05) is 0 Å². The van der Waals surface area contributed by atoms with Crippen LogP contribution in [0, 0.1) is 0 Å². The van der Waals surface area contributed by atoms with Gasteiger partial charge in [0, 0.05) is 12.1 Å². The average molecular weight is 334 g/mol. The molecule has 2 amide bonds. The highest BCUT2D eigenvalue weighted by atomic mass is 32.1. The number of ether oxygens (including phenoxy) is 1. The minimum atomic E-state index is -0.685. The Morgan fingerprint density at radius 1 is 1.35 bits per heavy atom. The molecule has 0 unspecified atom stereocenters. The summed E-state index contributed by atoms with van der Waals surface area (Å²) < 4.78 is 4.86. The van der Waals surface area contributed by atoms with Gasteiger partial charge in [0.2, 0.25) is 5.75 Å². The summed E-state index contributed by atoms with van der Waals surface area (Å²) in [6.07, 6.45) is 2.64. The van der Waals surface area contributed by atoms with Crippen molar-refractivity contribution in [3.05, 3.63) is 35.9 Å². The van der Waals surface area contributed by atoms with Crippen LogP contribution in [0.3, 0.4) is 0 Å². The van der Waals surface area contributed by atoms with Crippen LogP contribution in [0.4, 0.5) is 0 Å². The maximum absolute atomic E-state index is 12.4. The Hall–Kier alpha value is -2.87. The number of benzene rings is 1. The normalized spacial score (nSPS) is 16.5. The van der Waals surface area contributed by atoms with E-state index in [4.69, 9.17) is 17.0 Å². The number of methoxy groups -OCH3 is 1. The van der Waals surface area contributed by atoms with Crippen LogP contribution in [0.1, 0.15) is 5.56 Å². The molecular formula is C15H14N2O5S. The minimum absolute atomic E-state index is 0.0150. The summed E-state index contributed by atoms with van der Waals surface area (Å²) in [6, 6.07) is 2.81. The van der Waals surface area contributed by atoms with Crippen molar-refractivity contribution in [1.29, 1.82) is 0 Å². The zero-order chi connectivity index (χ0) is 17.1. The van der Waals surface area contributed by atoms with Gasteiger partial charge in [-0.1, -0.05) is 6.08 Å². The first-order chi connectivity index (χ1) is 10.9. The Labute approximate surface area is 137 Å². The van der Waals surface area contributed by atoms with Crippen LogP contribution >= 0.6 is 12.2 Å². The van der Waals surface area contributed by atoms with E-state index in [9.17, 15) is 19.8 Å². The molecule has 23 heavy (non-hydrogen) atoms. The van der Waals surface area contributed by atoms with Gasteiger partial charge < -0.3 is 14.9 Å². The zero-order valence-corrected chi connectivity index (χ0v) is 13.0. The highest BCUT2D eigenvalue weighted by molar-refractivity contribution is 7.80. The van der Waals surface area contributed by atoms with Crippen LogP contribution in [-0.2, 0) is 9.59 Å². The lowest BCUT2D eigenvalue weighted by atomic mass is 10.1. The van der Waals surface area contributed by atoms with Crippen LogP contribution in [0.15, 0.2) is 30.4 Å². The first-order valence-electron chi connectivity index (χ1n) is 6.49. The molecule has 1 aliphatic heterocycles. The van der Waals surface area contributed by atoms with Crippen LogP contribution in [-0.4, -0.2) is 45.7 Å². The second-order valence-electron chi connectivity index (χ2n) is 4.58. The van der Waals surface area contributed by atoms with Crippen molar-refractivity contribution >= 4 is 35.2 Å². The lowest BCUT2D eigenvalue weighted by Gasteiger charge is -2.27. The standard InChI is InChI=1S/C15H14N2O5S/c1-3-6-17-14(21)9(13(20)16-15(17)23)7-8-4-5-10(22-2)12(19)11(8)18/h3-5,7,18-19H,1,6H2,2H3,(H,16,20,23)/b9-7+. The number of carbonyl (C=O) groups is 2. The number of phenols is 2. The van der Waals surface area contributed by atoms with Gasteiger partial charge in [0.05, 0.1) is 7.11 Å². The van der Waals surface area contributed by atoms with Crippen LogP contribution in [0.2, 0.25) is 0 Å². The molecule has 1 aliphatic rings. The fourth-order valence-corrected chi connectivity index (χ4v) is 2.25. The highest BCUT2D eigenvalue weighted by Gasteiger charge is 2.32. The Morgan fingerprint density at radius 3 is 2.65 bits per heavy atom. The number of hydrogen-bond donors (Lipinski definition) is 3. The van der Waals surface area contributed by atoms with Crippen molar-refractivity contribution in [3.8, 4) is 17.2 Å². The summed E-state index contributed by atoms with van der Waals surface area (Å²) in [5, 5.41) is 22.1. The SMILES string of the molecule is C=CCN1C(=O)/C(=C/c2ccc(OC)c(O)c2O)C(=O)NC1=S. The average Bonchev–Trinajstić information content (AvgIpc) is 2.52. The van der Waals surface area contributed by atoms with Gasteiger partial charge in [0.25, 0.3) is 11.8 Å². The Bertz CT molecular complexity index is 742. The molecule has 0 aromatic heterocycles. The van der Waals surface area contributed by atoms with Crippen molar-refractivity contribution in [2.75, 3.05) is 13.7 Å². The third-order valence-electron chi connectivity index (χ3n) is 3.16. The summed E-state index contributed by atoms with van der Waals surface area (Å²) in [5.41, 5.74) is -0.131. The molecule has 1 aromatic rings. The summed E-state index contributed by atoms with van der Waals surface area (Å²) >= 11 is 4.94. The van der Waals surface area contributed by atoms with Gasteiger partial charge in [-0.05, 0) is 30.4 Å². The van der Waals surface area contributed by atoms with Crippen molar-refractivity contribution < 1.29 is 24.5 Å². The second kappa shape index (κ2) is 6.49. The first kappa shape index (κ1) is 16.5. The molecule has 1 saturated heterocycles. The number of nitrogens with one attached hydrogen (secondary N) is 1. The van der Waals surface area contributed by atoms with Crippen LogP contribution in [0.5, 0.6) is 17.2 Å². The molecule has 7 nitrogen and oxygen atoms in total.